The van der Waals surface area contributed by atoms with Crippen LogP contribution < -0.4 is 5.32 Å². The summed E-state index contributed by atoms with van der Waals surface area (Å²) in [6.07, 6.45) is 0.819. The zero-order chi connectivity index (χ0) is 14.6. The molecule has 0 spiro atoms. The van der Waals surface area contributed by atoms with E-state index < -0.39 is 17.8 Å². The number of aliphatic hydroxyl groups excluding tert-OH is 1. The average molecular weight is 289 g/mol. The first-order chi connectivity index (χ1) is 8.69. The van der Waals surface area contributed by atoms with Crippen LogP contribution in [0.15, 0.2) is 12.3 Å². The van der Waals surface area contributed by atoms with Gasteiger partial charge in [0.25, 0.3) is 5.91 Å². The van der Waals surface area contributed by atoms with E-state index >= 15 is 0 Å². The van der Waals surface area contributed by atoms with E-state index in [1.54, 1.807) is 0 Å². The van der Waals surface area contributed by atoms with Crippen LogP contribution >= 0.6 is 11.6 Å². The number of nitrogens with one attached hydrogen (secondary N) is 1. The van der Waals surface area contributed by atoms with Crippen LogP contribution in [0.25, 0.3) is 0 Å². The maximum Gasteiger partial charge on any atom is 0.254 e. The first kappa shape index (κ1) is 15.9. The highest BCUT2D eigenvalue weighted by Crippen LogP contribution is 2.20. The number of rotatable bonds is 4. The Bertz CT molecular complexity index is 460. The van der Waals surface area contributed by atoms with E-state index in [0.29, 0.717) is 6.42 Å². The molecule has 0 aliphatic rings. The molecule has 0 saturated heterocycles. The molecule has 1 aromatic heterocycles. The molecule has 1 unspecified atom stereocenters. The molecule has 19 heavy (non-hydrogen) atoms. The van der Waals surface area contributed by atoms with E-state index in [0.717, 1.165) is 12.3 Å². The van der Waals surface area contributed by atoms with Gasteiger partial charge in [-0.25, -0.2) is 9.37 Å². The highest BCUT2D eigenvalue weighted by molar-refractivity contribution is 6.32. The smallest absolute Gasteiger partial charge is 0.254 e. The van der Waals surface area contributed by atoms with Gasteiger partial charge in [-0.1, -0.05) is 32.4 Å². The fourth-order valence-corrected chi connectivity index (χ4v) is 1.86. The Morgan fingerprint density at radius 1 is 1.58 bits per heavy atom. The van der Waals surface area contributed by atoms with Gasteiger partial charge in [0, 0.05) is 6.54 Å². The van der Waals surface area contributed by atoms with E-state index in [9.17, 15) is 14.3 Å². The normalized spacial score (nSPS) is 13.2. The van der Waals surface area contributed by atoms with Crippen LogP contribution in [-0.4, -0.2) is 28.6 Å². The first-order valence-electron chi connectivity index (χ1n) is 5.96. The van der Waals surface area contributed by atoms with Crippen LogP contribution in [0.4, 0.5) is 4.39 Å². The fraction of sp³-hybridized carbons (Fsp3) is 0.538. The predicted molar refractivity (Wildman–Crippen MR) is 71.6 cm³/mol. The number of carbonyl (C=O) groups is 1. The molecule has 2 N–H and O–H groups in total. The zero-order valence-corrected chi connectivity index (χ0v) is 12.0. The molecular formula is C13H18ClFN2O2. The van der Waals surface area contributed by atoms with Crippen molar-refractivity contribution in [1.29, 1.82) is 0 Å². The van der Waals surface area contributed by atoms with E-state index in [1.165, 1.54) is 0 Å². The molecule has 0 radical (unpaired) electrons. The lowest BCUT2D eigenvalue weighted by Gasteiger charge is -2.22. The number of halogens is 2. The van der Waals surface area contributed by atoms with E-state index in [4.69, 9.17) is 11.6 Å². The summed E-state index contributed by atoms with van der Waals surface area (Å²) in [6.45, 7) is 6.06. The number of hydrogen-bond donors (Lipinski definition) is 2. The predicted octanol–water partition coefficient (Wildman–Crippen LogP) is 2.40. The summed E-state index contributed by atoms with van der Waals surface area (Å²) in [4.78, 5) is 15.3. The number of carbonyl (C=O) groups excluding carboxylic acids is 1. The lowest BCUT2D eigenvalue weighted by Crippen LogP contribution is -2.34. The number of nitrogens with zero attached hydrogens (tertiary/aromatic N) is 1. The molecule has 0 saturated carbocycles. The second kappa shape index (κ2) is 6.30. The summed E-state index contributed by atoms with van der Waals surface area (Å²) in [6, 6.07) is 1.01. The largest absolute Gasteiger partial charge is 0.391 e. The van der Waals surface area contributed by atoms with Crippen LogP contribution in [-0.2, 0) is 0 Å². The first-order valence-corrected chi connectivity index (χ1v) is 6.34. The molecule has 1 amide bonds. The van der Waals surface area contributed by atoms with Crippen LogP contribution in [0.3, 0.4) is 0 Å². The Morgan fingerprint density at radius 3 is 2.79 bits per heavy atom. The van der Waals surface area contributed by atoms with Gasteiger partial charge in [0.2, 0.25) is 0 Å². The van der Waals surface area contributed by atoms with Crippen molar-refractivity contribution in [1.82, 2.24) is 10.3 Å². The molecule has 0 aromatic carbocycles. The topological polar surface area (TPSA) is 62.2 Å². The van der Waals surface area contributed by atoms with Gasteiger partial charge >= 0.3 is 0 Å². The van der Waals surface area contributed by atoms with Crippen molar-refractivity contribution in [3.63, 3.8) is 0 Å². The van der Waals surface area contributed by atoms with Crippen LogP contribution in [0, 0.1) is 11.2 Å². The second-order valence-electron chi connectivity index (χ2n) is 5.62. The third kappa shape index (κ3) is 5.53. The number of aliphatic hydroxyl groups is 1. The van der Waals surface area contributed by atoms with Crippen LogP contribution in [0.1, 0.15) is 37.6 Å². The van der Waals surface area contributed by atoms with Crippen LogP contribution in [0.5, 0.6) is 0 Å². The number of hydrogen-bond acceptors (Lipinski definition) is 3. The number of pyridine rings is 1. The summed E-state index contributed by atoms with van der Waals surface area (Å²) in [7, 11) is 0. The highest BCUT2D eigenvalue weighted by atomic mass is 35.5. The van der Waals surface area contributed by atoms with E-state index in [-0.39, 0.29) is 22.7 Å². The molecule has 6 heteroatoms. The molecule has 1 heterocycles. The van der Waals surface area contributed by atoms with E-state index in [2.05, 4.69) is 10.3 Å². The quantitative estimate of drug-likeness (QED) is 0.836. The Balaban J connectivity index is 2.58. The molecule has 0 fully saturated rings. The van der Waals surface area contributed by atoms with Crippen molar-refractivity contribution in [3.8, 4) is 0 Å². The van der Waals surface area contributed by atoms with Gasteiger partial charge < -0.3 is 10.4 Å². The summed E-state index contributed by atoms with van der Waals surface area (Å²) < 4.78 is 13.0. The Kier molecular flexibility index (Phi) is 5.26. The maximum atomic E-state index is 13.0. The minimum Gasteiger partial charge on any atom is -0.391 e. The lowest BCUT2D eigenvalue weighted by atomic mass is 9.89. The fourth-order valence-electron chi connectivity index (χ4n) is 1.67. The molecular weight excluding hydrogens is 271 g/mol. The van der Waals surface area contributed by atoms with Crippen molar-refractivity contribution in [2.24, 2.45) is 5.41 Å². The SMILES string of the molecule is CC(C)(C)CC(O)CNC(=O)c1cc(F)cnc1Cl. The molecule has 0 aliphatic heterocycles. The van der Waals surface area contributed by atoms with Gasteiger partial charge in [-0.15, -0.1) is 0 Å². The van der Waals surface area contributed by atoms with Gasteiger partial charge in [0.05, 0.1) is 17.9 Å². The standard InChI is InChI=1S/C13H18ClFN2O2/c1-13(2,3)5-9(18)7-17-12(19)10-4-8(15)6-16-11(10)14/h4,6,9,18H,5,7H2,1-3H3,(H,17,19). The molecule has 0 aliphatic carbocycles. The van der Waals surface area contributed by atoms with Crippen molar-refractivity contribution in [2.75, 3.05) is 6.54 Å². The van der Waals surface area contributed by atoms with Gasteiger partial charge in [0.15, 0.2) is 0 Å². The molecule has 1 atom stereocenters. The van der Waals surface area contributed by atoms with Gasteiger partial charge in [-0.05, 0) is 17.9 Å². The monoisotopic (exact) mass is 288 g/mol. The summed E-state index contributed by atoms with van der Waals surface area (Å²) in [5, 5.41) is 12.2. The van der Waals surface area contributed by atoms with Gasteiger partial charge in [0.1, 0.15) is 11.0 Å². The average Bonchev–Trinajstić information content (AvgIpc) is 2.27. The third-order valence-corrected chi connectivity index (χ3v) is 2.70. The van der Waals surface area contributed by atoms with Gasteiger partial charge in [-0.2, -0.15) is 0 Å². The van der Waals surface area contributed by atoms with Gasteiger partial charge in [-0.3, -0.25) is 4.79 Å². The van der Waals surface area contributed by atoms with Crippen molar-refractivity contribution in [2.45, 2.75) is 33.3 Å². The Labute approximate surface area is 117 Å². The Morgan fingerprint density at radius 2 is 2.21 bits per heavy atom. The summed E-state index contributed by atoms with van der Waals surface area (Å²) in [5.74, 6) is -1.19. The van der Waals surface area contributed by atoms with Crippen molar-refractivity contribution < 1.29 is 14.3 Å². The van der Waals surface area contributed by atoms with Crippen molar-refractivity contribution >= 4 is 17.5 Å². The number of aromatic nitrogens is 1. The molecule has 0 bridgehead atoms. The van der Waals surface area contributed by atoms with Crippen molar-refractivity contribution in [3.05, 3.63) is 28.8 Å². The third-order valence-electron chi connectivity index (χ3n) is 2.40. The Hall–Kier alpha value is -1.20. The molecule has 1 rings (SSSR count). The second-order valence-corrected chi connectivity index (χ2v) is 5.98. The van der Waals surface area contributed by atoms with E-state index in [1.807, 2.05) is 20.8 Å². The zero-order valence-electron chi connectivity index (χ0n) is 11.2. The summed E-state index contributed by atoms with van der Waals surface area (Å²) >= 11 is 5.71. The number of amides is 1. The van der Waals surface area contributed by atoms with Crippen LogP contribution in [0.2, 0.25) is 5.15 Å². The molecule has 4 nitrogen and oxygen atoms in total. The summed E-state index contributed by atoms with van der Waals surface area (Å²) in [5.41, 5.74) is -0.0769. The molecule has 1 aromatic rings. The maximum absolute atomic E-state index is 13.0. The highest BCUT2D eigenvalue weighted by Gasteiger charge is 2.18. The minimum absolute atomic E-state index is 0.0374. The molecule has 106 valence electrons. The minimum atomic E-state index is -0.663. The lowest BCUT2D eigenvalue weighted by molar-refractivity contribution is 0.0868.